The fourth-order valence-electron chi connectivity index (χ4n) is 4.62. The summed E-state index contributed by atoms with van der Waals surface area (Å²) in [6, 6.07) is 7.90. The minimum absolute atomic E-state index is 0.00863. The van der Waals surface area contributed by atoms with Gasteiger partial charge in [0, 0.05) is 36.2 Å². The molecule has 0 saturated carbocycles. The topological polar surface area (TPSA) is 61.4 Å². The largest absolute Gasteiger partial charge is 0.350 e. The molecule has 0 aromatic heterocycles. The zero-order valence-corrected chi connectivity index (χ0v) is 17.5. The van der Waals surface area contributed by atoms with Crippen LogP contribution in [0.25, 0.3) is 0 Å². The number of nitrogens with one attached hydrogen (secondary N) is 2. The maximum Gasteiger partial charge on any atom is 0.317 e. The van der Waals surface area contributed by atoms with Crippen molar-refractivity contribution in [1.29, 1.82) is 0 Å². The number of allylic oxidation sites excluding steroid dienone is 2. The van der Waals surface area contributed by atoms with E-state index in [-0.39, 0.29) is 29.4 Å². The monoisotopic (exact) mass is 383 g/mol. The first-order chi connectivity index (χ1) is 13.4. The number of amides is 3. The molecular formula is C23H33N3O2. The maximum atomic E-state index is 12.8. The summed E-state index contributed by atoms with van der Waals surface area (Å²) in [6.45, 7) is 9.69. The number of hydrogen-bond donors (Lipinski definition) is 2. The molecule has 2 unspecified atom stereocenters. The maximum absolute atomic E-state index is 12.8. The highest BCUT2D eigenvalue weighted by molar-refractivity contribution is 5.94. The molecule has 1 aromatic rings. The van der Waals surface area contributed by atoms with Crippen molar-refractivity contribution in [2.45, 2.75) is 65.6 Å². The number of benzene rings is 1. The molecule has 1 aliphatic carbocycles. The molecule has 152 valence electrons. The van der Waals surface area contributed by atoms with Crippen molar-refractivity contribution in [1.82, 2.24) is 15.5 Å². The van der Waals surface area contributed by atoms with Crippen LogP contribution >= 0.6 is 0 Å². The van der Waals surface area contributed by atoms with Crippen molar-refractivity contribution < 1.29 is 9.59 Å². The second-order valence-electron chi connectivity index (χ2n) is 8.70. The molecular weight excluding hydrogens is 350 g/mol. The van der Waals surface area contributed by atoms with Crippen molar-refractivity contribution in [3.8, 4) is 0 Å². The lowest BCUT2D eigenvalue weighted by molar-refractivity contribution is -0.0576. The molecule has 2 atom stereocenters. The van der Waals surface area contributed by atoms with Crippen molar-refractivity contribution >= 4 is 11.9 Å². The number of carbonyl (C=O) groups is 2. The van der Waals surface area contributed by atoms with Crippen LogP contribution in [0.2, 0.25) is 0 Å². The van der Waals surface area contributed by atoms with E-state index in [0.717, 1.165) is 31.4 Å². The van der Waals surface area contributed by atoms with Gasteiger partial charge < -0.3 is 15.5 Å². The molecule has 1 fully saturated rings. The summed E-state index contributed by atoms with van der Waals surface area (Å²) in [5.74, 6) is 0.368. The van der Waals surface area contributed by atoms with Gasteiger partial charge in [0.25, 0.3) is 5.91 Å². The van der Waals surface area contributed by atoms with Crippen LogP contribution in [-0.4, -0.2) is 35.5 Å². The van der Waals surface area contributed by atoms with Gasteiger partial charge in [-0.05, 0) is 49.8 Å². The first kappa shape index (κ1) is 20.4. The van der Waals surface area contributed by atoms with Gasteiger partial charge >= 0.3 is 6.03 Å². The zero-order valence-electron chi connectivity index (χ0n) is 17.5. The Morgan fingerprint density at radius 3 is 2.57 bits per heavy atom. The summed E-state index contributed by atoms with van der Waals surface area (Å²) in [7, 11) is 0. The summed E-state index contributed by atoms with van der Waals surface area (Å²) in [5.41, 5.74) is 1.82. The molecule has 1 heterocycles. The average molecular weight is 384 g/mol. The summed E-state index contributed by atoms with van der Waals surface area (Å²) in [5, 5.41) is 6.03. The Hall–Kier alpha value is -2.30. The molecule has 28 heavy (non-hydrogen) atoms. The molecule has 5 nitrogen and oxygen atoms in total. The Bertz CT molecular complexity index is 748. The molecule has 0 radical (unpaired) electrons. The highest BCUT2D eigenvalue weighted by atomic mass is 16.2. The molecule has 1 saturated heterocycles. The quantitative estimate of drug-likeness (QED) is 0.727. The third kappa shape index (κ3) is 4.08. The lowest BCUT2D eigenvalue weighted by atomic mass is 9.65. The van der Waals surface area contributed by atoms with Gasteiger partial charge in [-0.3, -0.25) is 4.79 Å². The van der Waals surface area contributed by atoms with Gasteiger partial charge in [-0.2, -0.15) is 0 Å². The van der Waals surface area contributed by atoms with Gasteiger partial charge in [0.05, 0.1) is 0 Å². The molecule has 3 rings (SSSR count). The van der Waals surface area contributed by atoms with Gasteiger partial charge in [-0.15, -0.1) is 0 Å². The molecule has 2 N–H and O–H groups in total. The minimum atomic E-state index is -0.0687. The van der Waals surface area contributed by atoms with Gasteiger partial charge in [0.15, 0.2) is 0 Å². The molecule has 2 aliphatic rings. The first-order valence-corrected chi connectivity index (χ1v) is 10.5. The Balaban J connectivity index is 1.58. The van der Waals surface area contributed by atoms with Crippen molar-refractivity contribution in [3.05, 3.63) is 47.5 Å². The zero-order chi connectivity index (χ0) is 20.3. The van der Waals surface area contributed by atoms with E-state index in [2.05, 4.69) is 36.6 Å². The third-order valence-electron chi connectivity index (χ3n) is 6.18. The molecule has 0 bridgehead atoms. The van der Waals surface area contributed by atoms with Gasteiger partial charge in [0.1, 0.15) is 0 Å². The van der Waals surface area contributed by atoms with E-state index in [1.165, 1.54) is 0 Å². The number of nitrogens with zero attached hydrogens (tertiary/aromatic N) is 1. The van der Waals surface area contributed by atoms with Crippen LogP contribution < -0.4 is 10.6 Å². The van der Waals surface area contributed by atoms with Crippen molar-refractivity contribution in [2.75, 3.05) is 6.54 Å². The number of urea groups is 1. The van der Waals surface area contributed by atoms with E-state index in [9.17, 15) is 9.59 Å². The van der Waals surface area contributed by atoms with E-state index in [0.29, 0.717) is 18.0 Å². The van der Waals surface area contributed by atoms with E-state index >= 15 is 0 Å². The summed E-state index contributed by atoms with van der Waals surface area (Å²) < 4.78 is 0. The highest BCUT2D eigenvalue weighted by Gasteiger charge is 2.55. The smallest absolute Gasteiger partial charge is 0.317 e. The van der Waals surface area contributed by atoms with Crippen LogP contribution in [-0.2, 0) is 6.54 Å². The summed E-state index contributed by atoms with van der Waals surface area (Å²) >= 11 is 0. The van der Waals surface area contributed by atoms with Crippen molar-refractivity contribution in [3.63, 3.8) is 0 Å². The number of likely N-dealkylation sites (tertiary alicyclic amines) is 1. The highest BCUT2D eigenvalue weighted by Crippen LogP contribution is 2.50. The number of hydrogen-bond acceptors (Lipinski definition) is 2. The van der Waals surface area contributed by atoms with Crippen LogP contribution in [0, 0.1) is 11.3 Å². The Kier molecular flexibility index (Phi) is 6.11. The number of carbonyl (C=O) groups excluding carboxylic acids is 2. The summed E-state index contributed by atoms with van der Waals surface area (Å²) in [6.07, 6.45) is 7.55. The predicted molar refractivity (Wildman–Crippen MR) is 112 cm³/mol. The second-order valence-corrected chi connectivity index (χ2v) is 8.70. The van der Waals surface area contributed by atoms with E-state index in [1.54, 1.807) is 0 Å². The first-order valence-electron chi connectivity index (χ1n) is 10.5. The fraction of sp³-hybridized carbons (Fsp3) is 0.565. The minimum Gasteiger partial charge on any atom is -0.350 e. The van der Waals surface area contributed by atoms with Crippen LogP contribution in [0.4, 0.5) is 4.79 Å². The molecule has 1 aromatic carbocycles. The van der Waals surface area contributed by atoms with Crippen LogP contribution in [0.15, 0.2) is 36.4 Å². The average Bonchev–Trinajstić information content (AvgIpc) is 3.15. The van der Waals surface area contributed by atoms with E-state index in [4.69, 9.17) is 0 Å². The predicted octanol–water partition coefficient (Wildman–Crippen LogP) is 4.10. The van der Waals surface area contributed by atoms with E-state index < -0.39 is 0 Å². The second kappa shape index (κ2) is 8.38. The van der Waals surface area contributed by atoms with Gasteiger partial charge in [-0.1, -0.05) is 45.1 Å². The Morgan fingerprint density at radius 1 is 1.21 bits per heavy atom. The van der Waals surface area contributed by atoms with Gasteiger partial charge in [-0.25, -0.2) is 4.79 Å². The fourth-order valence-corrected chi connectivity index (χ4v) is 4.62. The van der Waals surface area contributed by atoms with Crippen LogP contribution in [0.1, 0.15) is 62.9 Å². The molecule has 5 heteroatoms. The number of rotatable bonds is 6. The Morgan fingerprint density at radius 2 is 1.93 bits per heavy atom. The SMILES string of the molecule is CCC(C)NC(=O)c1cccc(CNC(=O)N2CC3(CC=CC3)C2C(C)C)c1. The van der Waals surface area contributed by atoms with Crippen molar-refractivity contribution in [2.24, 2.45) is 11.3 Å². The third-order valence-corrected chi connectivity index (χ3v) is 6.18. The lowest BCUT2D eigenvalue weighted by Gasteiger charge is -2.58. The Labute approximate surface area is 168 Å². The van der Waals surface area contributed by atoms with E-state index in [1.807, 2.05) is 43.0 Å². The van der Waals surface area contributed by atoms with Crippen LogP contribution in [0.3, 0.4) is 0 Å². The lowest BCUT2D eigenvalue weighted by Crippen LogP contribution is -2.68. The van der Waals surface area contributed by atoms with Crippen LogP contribution in [0.5, 0.6) is 0 Å². The molecule has 3 amide bonds. The molecule has 1 spiro atoms. The van der Waals surface area contributed by atoms with Gasteiger partial charge in [0.2, 0.25) is 0 Å². The molecule has 1 aliphatic heterocycles. The standard InChI is InChI=1S/C23H33N3O2/c1-5-17(4)25-21(27)19-10-8-9-18(13-19)14-24-22(28)26-15-23(11-6-7-12-23)20(26)16(2)3/h6-10,13,16-17,20H,5,11-12,14-15H2,1-4H3,(H,24,28)(H,25,27). The normalized spacial score (nSPS) is 20.9. The summed E-state index contributed by atoms with van der Waals surface area (Å²) in [4.78, 5) is 27.1.